The van der Waals surface area contributed by atoms with Crippen LogP contribution in [0.1, 0.15) is 45.4 Å². The Morgan fingerprint density at radius 1 is 1.44 bits per heavy atom. The Morgan fingerprint density at radius 3 is 2.89 bits per heavy atom. The molecule has 1 saturated heterocycles. The van der Waals surface area contributed by atoms with Crippen molar-refractivity contribution in [2.75, 3.05) is 26.2 Å². The highest BCUT2D eigenvalue weighted by Gasteiger charge is 2.21. The Bertz CT molecular complexity index is 227. The summed E-state index contributed by atoms with van der Waals surface area (Å²) in [5, 5.41) is 11.8. The summed E-state index contributed by atoms with van der Waals surface area (Å²) in [6.45, 7) is 6.17. The van der Waals surface area contributed by atoms with Gasteiger partial charge in [-0.2, -0.15) is 0 Å². The number of aliphatic carboxylic acids is 1. The maximum Gasteiger partial charge on any atom is 0.304 e. The standard InChI is InChI=1S/C13H26N2O2.ClH/c1-2-3-9-15-10-5-4-6-12(15)11-14-8-7-13(16)17;/h12,14H,2-11H2,1H3,(H,16,17);1H. The number of likely N-dealkylation sites (tertiary alicyclic amines) is 1. The third kappa shape index (κ3) is 7.19. The van der Waals surface area contributed by atoms with Crippen LogP contribution in [0.15, 0.2) is 0 Å². The van der Waals surface area contributed by atoms with Gasteiger partial charge in [0.15, 0.2) is 0 Å². The van der Waals surface area contributed by atoms with Gasteiger partial charge in [-0.15, -0.1) is 12.4 Å². The molecule has 5 heteroatoms. The van der Waals surface area contributed by atoms with Crippen molar-refractivity contribution in [1.29, 1.82) is 0 Å². The lowest BCUT2D eigenvalue weighted by molar-refractivity contribution is -0.136. The van der Waals surface area contributed by atoms with E-state index in [0.29, 0.717) is 12.6 Å². The molecule has 0 saturated carbocycles. The quantitative estimate of drug-likeness (QED) is 0.668. The van der Waals surface area contributed by atoms with Crippen molar-refractivity contribution in [3.05, 3.63) is 0 Å². The number of carboxylic acids is 1. The van der Waals surface area contributed by atoms with Crippen LogP contribution in [-0.4, -0.2) is 48.2 Å². The second kappa shape index (κ2) is 10.6. The molecule has 0 aromatic rings. The highest BCUT2D eigenvalue weighted by molar-refractivity contribution is 5.85. The van der Waals surface area contributed by atoms with E-state index in [2.05, 4.69) is 17.1 Å². The van der Waals surface area contributed by atoms with E-state index in [-0.39, 0.29) is 18.8 Å². The van der Waals surface area contributed by atoms with Crippen molar-refractivity contribution >= 4 is 18.4 Å². The van der Waals surface area contributed by atoms with Crippen LogP contribution >= 0.6 is 12.4 Å². The van der Waals surface area contributed by atoms with Crippen LogP contribution < -0.4 is 5.32 Å². The fraction of sp³-hybridized carbons (Fsp3) is 0.923. The molecule has 0 aromatic carbocycles. The first-order valence-electron chi connectivity index (χ1n) is 6.90. The van der Waals surface area contributed by atoms with Gasteiger partial charge in [-0.25, -0.2) is 0 Å². The van der Waals surface area contributed by atoms with Gasteiger partial charge >= 0.3 is 5.97 Å². The van der Waals surface area contributed by atoms with E-state index in [1.165, 1.54) is 45.2 Å². The second-order valence-electron chi connectivity index (χ2n) is 4.89. The van der Waals surface area contributed by atoms with Gasteiger partial charge in [0.05, 0.1) is 6.42 Å². The minimum Gasteiger partial charge on any atom is -0.481 e. The maximum atomic E-state index is 10.4. The molecule has 1 fully saturated rings. The summed E-state index contributed by atoms with van der Waals surface area (Å²) in [5.41, 5.74) is 0. The zero-order valence-electron chi connectivity index (χ0n) is 11.4. The van der Waals surface area contributed by atoms with Crippen molar-refractivity contribution in [3.63, 3.8) is 0 Å². The number of hydrogen-bond acceptors (Lipinski definition) is 3. The van der Waals surface area contributed by atoms with Gasteiger partial charge < -0.3 is 10.4 Å². The lowest BCUT2D eigenvalue weighted by Gasteiger charge is -2.35. The van der Waals surface area contributed by atoms with Gasteiger partial charge in [0, 0.05) is 19.1 Å². The molecule has 0 aromatic heterocycles. The first-order valence-corrected chi connectivity index (χ1v) is 6.90. The van der Waals surface area contributed by atoms with Crippen LogP contribution in [0.25, 0.3) is 0 Å². The van der Waals surface area contributed by atoms with E-state index in [9.17, 15) is 4.79 Å². The van der Waals surface area contributed by atoms with E-state index in [4.69, 9.17) is 5.11 Å². The SMILES string of the molecule is CCCCN1CCCCC1CNCCC(=O)O.Cl. The van der Waals surface area contributed by atoms with Crippen LogP contribution in [0.2, 0.25) is 0 Å². The van der Waals surface area contributed by atoms with Crippen LogP contribution in [0.3, 0.4) is 0 Å². The fourth-order valence-electron chi connectivity index (χ4n) is 2.41. The molecular formula is C13H27ClN2O2. The molecule has 0 radical (unpaired) electrons. The number of nitrogens with one attached hydrogen (secondary N) is 1. The maximum absolute atomic E-state index is 10.4. The Balaban J connectivity index is 0.00000289. The molecule has 1 aliphatic heterocycles. The molecule has 1 heterocycles. The van der Waals surface area contributed by atoms with Crippen LogP contribution in [0.4, 0.5) is 0 Å². The third-order valence-electron chi connectivity index (χ3n) is 3.44. The summed E-state index contributed by atoms with van der Waals surface area (Å²) in [5.74, 6) is -0.719. The predicted octanol–water partition coefficient (Wildman–Crippen LogP) is 2.13. The summed E-state index contributed by atoms with van der Waals surface area (Å²) in [4.78, 5) is 13.0. The summed E-state index contributed by atoms with van der Waals surface area (Å²) in [6.07, 6.45) is 6.62. The van der Waals surface area contributed by atoms with Gasteiger partial charge in [-0.05, 0) is 32.4 Å². The number of carbonyl (C=O) groups is 1. The lowest BCUT2D eigenvalue weighted by Crippen LogP contribution is -2.46. The number of rotatable bonds is 8. The number of halogens is 1. The predicted molar refractivity (Wildman–Crippen MR) is 76.5 cm³/mol. The third-order valence-corrected chi connectivity index (χ3v) is 3.44. The van der Waals surface area contributed by atoms with Gasteiger partial charge in [-0.3, -0.25) is 9.69 Å². The summed E-state index contributed by atoms with van der Waals surface area (Å²) < 4.78 is 0. The number of piperidine rings is 1. The Kier molecular flexibility index (Phi) is 10.4. The Morgan fingerprint density at radius 2 is 2.22 bits per heavy atom. The van der Waals surface area contributed by atoms with Crippen molar-refractivity contribution in [1.82, 2.24) is 10.2 Å². The van der Waals surface area contributed by atoms with Crippen LogP contribution in [-0.2, 0) is 4.79 Å². The van der Waals surface area contributed by atoms with Crippen LogP contribution in [0, 0.1) is 0 Å². The summed E-state index contributed by atoms with van der Waals surface area (Å²) in [6, 6.07) is 0.615. The van der Waals surface area contributed by atoms with Crippen molar-refractivity contribution < 1.29 is 9.90 Å². The van der Waals surface area contributed by atoms with E-state index >= 15 is 0 Å². The van der Waals surface area contributed by atoms with Gasteiger partial charge in [0.1, 0.15) is 0 Å². The highest BCUT2D eigenvalue weighted by atomic mass is 35.5. The zero-order valence-corrected chi connectivity index (χ0v) is 12.2. The first-order chi connectivity index (χ1) is 8.24. The van der Waals surface area contributed by atoms with Gasteiger partial charge in [0.2, 0.25) is 0 Å². The molecule has 1 atom stereocenters. The van der Waals surface area contributed by atoms with Crippen LogP contribution in [0.5, 0.6) is 0 Å². The first kappa shape index (κ1) is 17.7. The van der Waals surface area contributed by atoms with E-state index in [1.807, 2.05) is 0 Å². The molecule has 1 rings (SSSR count). The second-order valence-corrected chi connectivity index (χ2v) is 4.89. The molecule has 1 unspecified atom stereocenters. The molecule has 0 amide bonds. The minimum absolute atomic E-state index is 0. The monoisotopic (exact) mass is 278 g/mol. The highest BCUT2D eigenvalue weighted by Crippen LogP contribution is 2.16. The minimum atomic E-state index is -0.719. The molecule has 0 bridgehead atoms. The lowest BCUT2D eigenvalue weighted by atomic mass is 10.0. The summed E-state index contributed by atoms with van der Waals surface area (Å²) in [7, 11) is 0. The number of nitrogens with zero attached hydrogens (tertiary/aromatic N) is 1. The molecule has 2 N–H and O–H groups in total. The van der Waals surface area contributed by atoms with E-state index in [1.54, 1.807) is 0 Å². The number of hydrogen-bond donors (Lipinski definition) is 2. The Hall–Kier alpha value is -0.320. The number of unbranched alkanes of at least 4 members (excludes halogenated alkanes) is 1. The normalized spacial score (nSPS) is 20.4. The fourth-order valence-corrected chi connectivity index (χ4v) is 2.41. The van der Waals surface area contributed by atoms with Crippen molar-refractivity contribution in [3.8, 4) is 0 Å². The van der Waals surface area contributed by atoms with Gasteiger partial charge in [-0.1, -0.05) is 19.8 Å². The molecule has 1 aliphatic rings. The van der Waals surface area contributed by atoms with E-state index in [0.717, 1.165) is 6.54 Å². The molecule has 4 nitrogen and oxygen atoms in total. The van der Waals surface area contributed by atoms with Crippen molar-refractivity contribution in [2.45, 2.75) is 51.5 Å². The molecule has 18 heavy (non-hydrogen) atoms. The molecule has 0 spiro atoms. The molecule has 108 valence electrons. The largest absolute Gasteiger partial charge is 0.481 e. The summed E-state index contributed by atoms with van der Waals surface area (Å²) >= 11 is 0. The number of carboxylic acid groups (broad SMARTS) is 1. The average Bonchev–Trinajstić information content (AvgIpc) is 2.33. The molecular weight excluding hydrogens is 252 g/mol. The topological polar surface area (TPSA) is 52.6 Å². The Labute approximate surface area is 117 Å². The smallest absolute Gasteiger partial charge is 0.304 e. The zero-order chi connectivity index (χ0) is 12.5. The van der Waals surface area contributed by atoms with Crippen molar-refractivity contribution in [2.24, 2.45) is 0 Å². The molecule has 0 aliphatic carbocycles. The van der Waals surface area contributed by atoms with E-state index < -0.39 is 5.97 Å². The van der Waals surface area contributed by atoms with Gasteiger partial charge in [0.25, 0.3) is 0 Å². The average molecular weight is 279 g/mol.